The summed E-state index contributed by atoms with van der Waals surface area (Å²) in [5.41, 5.74) is 4.35. The highest BCUT2D eigenvalue weighted by Crippen LogP contribution is 2.36. The molecule has 0 saturated carbocycles. The Morgan fingerprint density at radius 1 is 0.978 bits per heavy atom. The zero-order valence-corrected chi connectivity index (χ0v) is 25.4. The van der Waals surface area contributed by atoms with Gasteiger partial charge in [-0.15, -0.1) is 0 Å². The lowest BCUT2D eigenvalue weighted by molar-refractivity contribution is -0.148. The van der Waals surface area contributed by atoms with Crippen LogP contribution in [0.25, 0.3) is 0 Å². The third kappa shape index (κ3) is 7.87. The highest BCUT2D eigenvalue weighted by atomic mass is 19.1. The minimum atomic E-state index is -0.852. The molecule has 0 aromatic heterocycles. The highest BCUT2D eigenvalue weighted by Gasteiger charge is 2.34. The number of benzene rings is 4. The number of aromatic hydroxyl groups is 1. The third-order valence-corrected chi connectivity index (χ3v) is 8.08. The van der Waals surface area contributed by atoms with E-state index in [1.165, 1.54) is 31.1 Å². The number of rotatable bonds is 11. The van der Waals surface area contributed by atoms with Crippen LogP contribution in [0.3, 0.4) is 0 Å². The Hall–Kier alpha value is -4.73. The van der Waals surface area contributed by atoms with Crippen LogP contribution >= 0.6 is 0 Å². The maximum absolute atomic E-state index is 13.8. The first-order valence-electron chi connectivity index (χ1n) is 14.9. The van der Waals surface area contributed by atoms with Crippen LogP contribution in [0.15, 0.2) is 91.0 Å². The molecule has 5 rings (SSSR count). The van der Waals surface area contributed by atoms with E-state index < -0.39 is 18.1 Å². The highest BCUT2D eigenvalue weighted by molar-refractivity contribution is 5.93. The summed E-state index contributed by atoms with van der Waals surface area (Å²) < 4.78 is 24.7. The molecule has 0 aliphatic carbocycles. The molecule has 234 valence electrons. The molecule has 0 radical (unpaired) electrons. The van der Waals surface area contributed by atoms with Crippen LogP contribution in [0.1, 0.15) is 47.3 Å². The van der Waals surface area contributed by atoms with Crippen LogP contribution in [0, 0.1) is 5.82 Å². The number of halogens is 1. The van der Waals surface area contributed by atoms with Crippen molar-refractivity contribution in [1.29, 1.82) is 0 Å². The molecule has 2 N–H and O–H groups in total. The first-order chi connectivity index (χ1) is 21.7. The number of anilines is 1. The zero-order valence-electron chi connectivity index (χ0n) is 25.4. The molecule has 0 unspecified atom stereocenters. The van der Waals surface area contributed by atoms with E-state index in [4.69, 9.17) is 9.47 Å². The first-order valence-corrected chi connectivity index (χ1v) is 14.9. The van der Waals surface area contributed by atoms with Crippen LogP contribution in [-0.2, 0) is 40.4 Å². The van der Waals surface area contributed by atoms with Crippen LogP contribution in [0.2, 0.25) is 0 Å². The topological polar surface area (TPSA) is 99.5 Å². The smallest absolute Gasteiger partial charge is 0.323 e. The lowest BCUT2D eigenvalue weighted by Crippen LogP contribution is -2.45. The van der Waals surface area contributed by atoms with Crippen molar-refractivity contribution in [3.05, 3.63) is 125 Å². The number of ether oxygens (including phenoxy) is 2. The molecule has 45 heavy (non-hydrogen) atoms. The molecule has 0 saturated heterocycles. The summed E-state index contributed by atoms with van der Waals surface area (Å²) >= 11 is 0. The molecule has 4 aromatic rings. The van der Waals surface area contributed by atoms with Crippen molar-refractivity contribution in [2.24, 2.45) is 0 Å². The second-order valence-corrected chi connectivity index (χ2v) is 11.2. The molecule has 1 aliphatic heterocycles. The van der Waals surface area contributed by atoms with Crippen LogP contribution in [0.4, 0.5) is 10.1 Å². The summed E-state index contributed by atoms with van der Waals surface area (Å²) in [7, 11) is 1.33. The molecule has 1 heterocycles. The fourth-order valence-corrected chi connectivity index (χ4v) is 5.68. The Morgan fingerprint density at radius 3 is 2.40 bits per heavy atom. The van der Waals surface area contributed by atoms with E-state index in [1.54, 1.807) is 48.5 Å². The molecule has 1 aliphatic rings. The molecule has 1 amide bonds. The van der Waals surface area contributed by atoms with Gasteiger partial charge in [-0.2, -0.15) is 0 Å². The Balaban J connectivity index is 1.28. The number of aliphatic hydroxyl groups is 1. The fourth-order valence-electron chi connectivity index (χ4n) is 5.68. The van der Waals surface area contributed by atoms with Crippen molar-refractivity contribution >= 4 is 17.6 Å². The SMILES string of the molecule is COC(=O)[C@@H]1Cc2cc(N(CC[C@H](O)c3ccc(OCc4ccccc4)cc3)C(C)=O)c(O)cc2CN1Cc1cccc(F)c1. The molecule has 0 spiro atoms. The second-order valence-electron chi connectivity index (χ2n) is 11.2. The quantitative estimate of drug-likeness (QED) is 0.210. The Kier molecular flexibility index (Phi) is 10.1. The number of carbonyl (C=O) groups excluding carboxylic acids is 2. The molecular weight excluding hydrogens is 575 g/mol. The number of hydrogen-bond acceptors (Lipinski definition) is 7. The largest absolute Gasteiger partial charge is 0.506 e. The minimum Gasteiger partial charge on any atom is -0.506 e. The molecular formula is C36H37FN2O6. The van der Waals surface area contributed by atoms with Gasteiger partial charge < -0.3 is 24.6 Å². The normalized spacial score (nSPS) is 15.2. The minimum absolute atomic E-state index is 0.0828. The van der Waals surface area contributed by atoms with Crippen molar-refractivity contribution in [3.8, 4) is 11.5 Å². The van der Waals surface area contributed by atoms with E-state index in [0.717, 1.165) is 16.7 Å². The number of aliphatic hydroxyl groups excluding tert-OH is 1. The summed E-state index contributed by atoms with van der Waals surface area (Å²) in [5, 5.41) is 22.0. The van der Waals surface area contributed by atoms with Gasteiger partial charge in [-0.3, -0.25) is 14.5 Å². The summed E-state index contributed by atoms with van der Waals surface area (Å²) in [6, 6.07) is 25.9. The van der Waals surface area contributed by atoms with E-state index in [2.05, 4.69) is 0 Å². The Bertz CT molecular complexity index is 1630. The van der Waals surface area contributed by atoms with E-state index >= 15 is 0 Å². The van der Waals surface area contributed by atoms with Crippen molar-refractivity contribution in [2.75, 3.05) is 18.6 Å². The van der Waals surface area contributed by atoms with E-state index in [9.17, 15) is 24.2 Å². The van der Waals surface area contributed by atoms with Gasteiger partial charge in [0.1, 0.15) is 30.0 Å². The third-order valence-electron chi connectivity index (χ3n) is 8.08. The molecule has 9 heteroatoms. The molecule has 0 bridgehead atoms. The zero-order chi connectivity index (χ0) is 31.9. The number of nitrogens with zero attached hydrogens (tertiary/aromatic N) is 2. The van der Waals surface area contributed by atoms with E-state index in [-0.39, 0.29) is 36.9 Å². The van der Waals surface area contributed by atoms with Crippen LogP contribution < -0.4 is 9.64 Å². The molecule has 8 nitrogen and oxygen atoms in total. The van der Waals surface area contributed by atoms with Gasteiger partial charge in [0, 0.05) is 26.6 Å². The number of carbonyl (C=O) groups is 2. The van der Waals surface area contributed by atoms with Gasteiger partial charge in [0.15, 0.2) is 0 Å². The summed E-state index contributed by atoms with van der Waals surface area (Å²) in [5.74, 6) is -0.481. The number of phenols is 1. The van der Waals surface area contributed by atoms with Gasteiger partial charge in [0.25, 0.3) is 0 Å². The predicted molar refractivity (Wildman–Crippen MR) is 168 cm³/mol. The van der Waals surface area contributed by atoms with Gasteiger partial charge in [-0.05, 0) is 77.1 Å². The van der Waals surface area contributed by atoms with Gasteiger partial charge in [-0.25, -0.2) is 4.39 Å². The summed E-state index contributed by atoms with van der Waals surface area (Å²) in [4.78, 5) is 28.9. The molecule has 4 aromatic carbocycles. The number of amides is 1. The number of esters is 1. The average Bonchev–Trinajstić information content (AvgIpc) is 3.04. The summed E-state index contributed by atoms with van der Waals surface area (Å²) in [6.07, 6.45) is -0.334. The maximum atomic E-state index is 13.8. The summed E-state index contributed by atoms with van der Waals surface area (Å²) in [6.45, 7) is 2.63. The number of hydrogen-bond donors (Lipinski definition) is 2. The van der Waals surface area contributed by atoms with Crippen LogP contribution in [-0.4, -0.2) is 46.7 Å². The van der Waals surface area contributed by atoms with E-state index in [0.29, 0.717) is 42.3 Å². The first kappa shape index (κ1) is 31.7. The van der Waals surface area contributed by atoms with Gasteiger partial charge in [0.05, 0.1) is 18.9 Å². The van der Waals surface area contributed by atoms with Gasteiger partial charge >= 0.3 is 5.97 Å². The lowest BCUT2D eigenvalue weighted by atomic mass is 9.92. The predicted octanol–water partition coefficient (Wildman–Crippen LogP) is 5.69. The van der Waals surface area contributed by atoms with Gasteiger partial charge in [-0.1, -0.05) is 54.6 Å². The number of fused-ring (bicyclic) bond motifs is 1. The van der Waals surface area contributed by atoms with Crippen molar-refractivity contribution in [1.82, 2.24) is 4.90 Å². The monoisotopic (exact) mass is 612 g/mol. The molecule has 0 fully saturated rings. The molecule has 2 atom stereocenters. The van der Waals surface area contributed by atoms with Crippen molar-refractivity contribution in [3.63, 3.8) is 0 Å². The lowest BCUT2D eigenvalue weighted by Gasteiger charge is -2.36. The van der Waals surface area contributed by atoms with Crippen molar-refractivity contribution < 1.29 is 33.7 Å². The number of methoxy groups -OCH3 is 1. The second kappa shape index (κ2) is 14.4. The van der Waals surface area contributed by atoms with Crippen LogP contribution in [0.5, 0.6) is 11.5 Å². The Morgan fingerprint density at radius 2 is 1.71 bits per heavy atom. The van der Waals surface area contributed by atoms with Crippen molar-refractivity contribution in [2.45, 2.75) is 51.6 Å². The standard InChI is InChI=1S/C36H37FN2O6/c1-24(40)39(16-15-34(41)27-11-13-31(14-12-27)45-23-25-7-4-3-5-8-25)32-18-28-19-33(36(43)44-2)38(22-29(28)20-35(32)42)21-26-9-6-10-30(37)17-26/h3-14,17-18,20,33-34,41-42H,15-16,19,21-23H2,1-2H3/t33-,34-/m0/s1. The fraction of sp³-hybridized carbons (Fsp3) is 0.278. The van der Waals surface area contributed by atoms with E-state index in [1.807, 2.05) is 35.2 Å². The number of phenolic OH excluding ortho intramolecular Hbond substituents is 1. The van der Waals surface area contributed by atoms with Gasteiger partial charge in [0.2, 0.25) is 5.91 Å². The average molecular weight is 613 g/mol. The maximum Gasteiger partial charge on any atom is 0.323 e. The Labute approximate surface area is 262 Å².